The van der Waals surface area contributed by atoms with E-state index in [1.165, 1.54) is 7.11 Å². The third-order valence-corrected chi connectivity index (χ3v) is 3.36. The molecule has 0 aliphatic carbocycles. The Bertz CT molecular complexity index is 711. The average Bonchev–Trinajstić information content (AvgIpc) is 2.54. The van der Waals surface area contributed by atoms with Gasteiger partial charge >= 0.3 is 0 Å². The van der Waals surface area contributed by atoms with E-state index >= 15 is 0 Å². The SMILES string of the molecule is CCc1ccc(OC)c(C(=O)Nc2ccccc2C(N)=O)c1. The number of primary amides is 1. The molecule has 22 heavy (non-hydrogen) atoms. The van der Waals surface area contributed by atoms with Crippen LogP contribution >= 0.6 is 0 Å². The minimum atomic E-state index is -0.592. The highest BCUT2D eigenvalue weighted by Crippen LogP contribution is 2.23. The maximum absolute atomic E-state index is 12.5. The number of nitrogens with two attached hydrogens (primary N) is 1. The second kappa shape index (κ2) is 6.76. The van der Waals surface area contributed by atoms with Crippen LogP contribution in [0.2, 0.25) is 0 Å². The van der Waals surface area contributed by atoms with E-state index in [2.05, 4.69) is 5.32 Å². The first-order chi connectivity index (χ1) is 10.6. The Kier molecular flexibility index (Phi) is 4.78. The number of carbonyl (C=O) groups excluding carboxylic acids is 2. The van der Waals surface area contributed by atoms with Crippen LogP contribution in [0.1, 0.15) is 33.2 Å². The molecule has 0 unspecified atom stereocenters. The molecule has 2 amide bonds. The molecule has 2 aromatic rings. The van der Waals surface area contributed by atoms with Crippen molar-refractivity contribution in [2.75, 3.05) is 12.4 Å². The number of benzene rings is 2. The van der Waals surface area contributed by atoms with E-state index in [9.17, 15) is 9.59 Å². The molecule has 3 N–H and O–H groups in total. The van der Waals surface area contributed by atoms with Crippen LogP contribution in [0.3, 0.4) is 0 Å². The number of hydrogen-bond acceptors (Lipinski definition) is 3. The van der Waals surface area contributed by atoms with Crippen LogP contribution in [0.25, 0.3) is 0 Å². The van der Waals surface area contributed by atoms with E-state index in [0.717, 1.165) is 12.0 Å². The van der Waals surface area contributed by atoms with E-state index in [1.807, 2.05) is 13.0 Å². The number of ether oxygens (including phenoxy) is 1. The lowest BCUT2D eigenvalue weighted by Crippen LogP contribution is -2.18. The molecule has 0 spiro atoms. The van der Waals surface area contributed by atoms with Gasteiger partial charge in [-0.1, -0.05) is 25.1 Å². The summed E-state index contributed by atoms with van der Waals surface area (Å²) in [5.74, 6) is -0.461. The van der Waals surface area contributed by atoms with Gasteiger partial charge in [0, 0.05) is 0 Å². The van der Waals surface area contributed by atoms with Crippen LogP contribution in [-0.4, -0.2) is 18.9 Å². The Morgan fingerprint density at radius 3 is 2.50 bits per heavy atom. The number of rotatable bonds is 5. The number of para-hydroxylation sites is 1. The summed E-state index contributed by atoms with van der Waals surface area (Å²) in [5, 5.41) is 2.71. The number of methoxy groups -OCH3 is 1. The molecule has 0 radical (unpaired) electrons. The van der Waals surface area contributed by atoms with Gasteiger partial charge < -0.3 is 15.8 Å². The highest BCUT2D eigenvalue weighted by atomic mass is 16.5. The molecule has 0 heterocycles. The lowest BCUT2D eigenvalue weighted by Gasteiger charge is -2.12. The van der Waals surface area contributed by atoms with Gasteiger partial charge in [-0.3, -0.25) is 9.59 Å². The summed E-state index contributed by atoms with van der Waals surface area (Å²) in [6.45, 7) is 2.01. The van der Waals surface area contributed by atoms with Crippen molar-refractivity contribution in [1.29, 1.82) is 0 Å². The smallest absolute Gasteiger partial charge is 0.259 e. The zero-order valence-electron chi connectivity index (χ0n) is 12.6. The monoisotopic (exact) mass is 298 g/mol. The van der Waals surface area contributed by atoms with E-state index in [4.69, 9.17) is 10.5 Å². The van der Waals surface area contributed by atoms with Gasteiger partial charge in [-0.25, -0.2) is 0 Å². The molecule has 0 aliphatic heterocycles. The van der Waals surface area contributed by atoms with Gasteiger partial charge in [0.25, 0.3) is 11.8 Å². The van der Waals surface area contributed by atoms with Gasteiger partial charge in [-0.15, -0.1) is 0 Å². The van der Waals surface area contributed by atoms with Crippen molar-refractivity contribution >= 4 is 17.5 Å². The third kappa shape index (κ3) is 3.25. The number of amides is 2. The lowest BCUT2D eigenvalue weighted by atomic mass is 10.1. The van der Waals surface area contributed by atoms with Crippen molar-refractivity contribution in [2.24, 2.45) is 5.73 Å². The van der Waals surface area contributed by atoms with Crippen LogP contribution in [0, 0.1) is 0 Å². The van der Waals surface area contributed by atoms with Crippen molar-refractivity contribution in [3.63, 3.8) is 0 Å². The van der Waals surface area contributed by atoms with E-state index < -0.39 is 5.91 Å². The molecule has 0 aromatic heterocycles. The summed E-state index contributed by atoms with van der Waals surface area (Å²) < 4.78 is 5.23. The zero-order chi connectivity index (χ0) is 16.1. The Hall–Kier alpha value is -2.82. The van der Waals surface area contributed by atoms with Gasteiger partial charge in [0.15, 0.2) is 0 Å². The predicted molar refractivity (Wildman–Crippen MR) is 85.3 cm³/mol. The second-order valence-electron chi connectivity index (χ2n) is 4.75. The minimum absolute atomic E-state index is 0.265. The highest BCUT2D eigenvalue weighted by Gasteiger charge is 2.16. The first-order valence-electron chi connectivity index (χ1n) is 6.94. The maximum Gasteiger partial charge on any atom is 0.259 e. The van der Waals surface area contributed by atoms with E-state index in [1.54, 1.807) is 36.4 Å². The van der Waals surface area contributed by atoms with Crippen molar-refractivity contribution < 1.29 is 14.3 Å². The summed E-state index contributed by atoms with van der Waals surface area (Å²) in [5.41, 5.74) is 7.40. The molecule has 0 fully saturated rings. The molecule has 5 heteroatoms. The van der Waals surface area contributed by atoms with Crippen molar-refractivity contribution in [3.8, 4) is 5.75 Å². The molecule has 0 saturated carbocycles. The van der Waals surface area contributed by atoms with Crippen molar-refractivity contribution in [2.45, 2.75) is 13.3 Å². The number of nitrogens with one attached hydrogen (secondary N) is 1. The minimum Gasteiger partial charge on any atom is -0.496 e. The summed E-state index contributed by atoms with van der Waals surface area (Å²) >= 11 is 0. The molecule has 2 aromatic carbocycles. The van der Waals surface area contributed by atoms with Gasteiger partial charge in [0.05, 0.1) is 23.9 Å². The van der Waals surface area contributed by atoms with Gasteiger partial charge in [-0.05, 0) is 36.2 Å². The third-order valence-electron chi connectivity index (χ3n) is 3.36. The summed E-state index contributed by atoms with van der Waals surface area (Å²) in [6.07, 6.45) is 0.808. The number of anilines is 1. The fourth-order valence-electron chi connectivity index (χ4n) is 2.15. The summed E-state index contributed by atoms with van der Waals surface area (Å²) in [6, 6.07) is 12.1. The van der Waals surface area contributed by atoms with Crippen molar-refractivity contribution in [3.05, 3.63) is 59.2 Å². The molecule has 5 nitrogen and oxygen atoms in total. The normalized spacial score (nSPS) is 10.1. The van der Waals surface area contributed by atoms with Gasteiger partial charge in [0.2, 0.25) is 0 Å². The van der Waals surface area contributed by atoms with Crippen LogP contribution in [-0.2, 0) is 6.42 Å². The van der Waals surface area contributed by atoms with Crippen LogP contribution in [0.5, 0.6) is 5.75 Å². The first kappa shape index (κ1) is 15.6. The largest absolute Gasteiger partial charge is 0.496 e. The molecule has 0 bridgehead atoms. The molecule has 0 saturated heterocycles. The first-order valence-corrected chi connectivity index (χ1v) is 6.94. The lowest BCUT2D eigenvalue weighted by molar-refractivity contribution is 0.100. The quantitative estimate of drug-likeness (QED) is 0.890. The Morgan fingerprint density at radius 2 is 1.86 bits per heavy atom. The number of hydrogen-bond donors (Lipinski definition) is 2. The molecule has 0 atom stereocenters. The zero-order valence-corrected chi connectivity index (χ0v) is 12.6. The fourth-order valence-corrected chi connectivity index (χ4v) is 2.15. The highest BCUT2D eigenvalue weighted by molar-refractivity contribution is 6.10. The van der Waals surface area contributed by atoms with E-state index in [0.29, 0.717) is 17.0 Å². The van der Waals surface area contributed by atoms with Gasteiger partial charge in [0.1, 0.15) is 5.75 Å². The number of aryl methyl sites for hydroxylation is 1. The topological polar surface area (TPSA) is 81.4 Å². The second-order valence-corrected chi connectivity index (χ2v) is 4.75. The predicted octanol–water partition coefficient (Wildman–Crippen LogP) is 2.61. The Labute approximate surface area is 129 Å². The van der Waals surface area contributed by atoms with Crippen LogP contribution in [0.4, 0.5) is 5.69 Å². The maximum atomic E-state index is 12.5. The summed E-state index contributed by atoms with van der Waals surface area (Å²) in [7, 11) is 1.51. The van der Waals surface area contributed by atoms with Crippen molar-refractivity contribution in [1.82, 2.24) is 0 Å². The Morgan fingerprint density at radius 1 is 1.14 bits per heavy atom. The summed E-state index contributed by atoms with van der Waals surface area (Å²) in [4.78, 5) is 23.9. The fraction of sp³-hybridized carbons (Fsp3) is 0.176. The number of carbonyl (C=O) groups is 2. The van der Waals surface area contributed by atoms with Crippen LogP contribution in [0.15, 0.2) is 42.5 Å². The molecule has 0 aliphatic rings. The van der Waals surface area contributed by atoms with E-state index in [-0.39, 0.29) is 11.5 Å². The standard InChI is InChI=1S/C17H18N2O3/c1-3-11-8-9-15(22-2)13(10-11)17(21)19-14-7-5-4-6-12(14)16(18)20/h4-10H,3H2,1-2H3,(H2,18,20)(H,19,21). The van der Waals surface area contributed by atoms with Crippen LogP contribution < -0.4 is 15.8 Å². The molecule has 2 rings (SSSR count). The Balaban J connectivity index is 2.35. The molecule has 114 valence electrons. The molecular formula is C17H18N2O3. The average molecular weight is 298 g/mol. The van der Waals surface area contributed by atoms with Gasteiger partial charge in [-0.2, -0.15) is 0 Å². The molecular weight excluding hydrogens is 280 g/mol.